The lowest BCUT2D eigenvalue weighted by atomic mass is 10.0. The minimum atomic E-state index is -2.75. The Morgan fingerprint density at radius 2 is 1.95 bits per heavy atom. The lowest BCUT2D eigenvalue weighted by molar-refractivity contribution is -0.384. The highest BCUT2D eigenvalue weighted by atomic mass is 35.5. The summed E-state index contributed by atoms with van der Waals surface area (Å²) < 4.78 is 26.2. The van der Waals surface area contributed by atoms with Gasteiger partial charge in [0.15, 0.2) is 0 Å². The molecule has 0 aromatic heterocycles. The molecule has 1 amide bonds. The van der Waals surface area contributed by atoms with Gasteiger partial charge in [-0.05, 0) is 18.6 Å². The highest BCUT2D eigenvalue weighted by Crippen LogP contribution is 2.31. The molecule has 0 spiro atoms. The Hall–Kier alpha value is -1.76. The van der Waals surface area contributed by atoms with Crippen LogP contribution in [0.2, 0.25) is 5.02 Å². The predicted octanol–water partition coefficient (Wildman–Crippen LogP) is 3.43. The molecule has 1 aliphatic rings. The molecule has 0 radical (unpaired) electrons. The molecular formula is C13H13ClF2N2O3. The molecule has 8 heteroatoms. The monoisotopic (exact) mass is 318 g/mol. The molecule has 0 unspecified atom stereocenters. The van der Waals surface area contributed by atoms with Crippen molar-refractivity contribution in [3.63, 3.8) is 0 Å². The van der Waals surface area contributed by atoms with Crippen molar-refractivity contribution in [3.8, 4) is 0 Å². The number of halogens is 3. The zero-order valence-electron chi connectivity index (χ0n) is 11.2. The van der Waals surface area contributed by atoms with Crippen molar-refractivity contribution >= 4 is 23.2 Å². The van der Waals surface area contributed by atoms with Crippen LogP contribution in [0.5, 0.6) is 0 Å². The smallest absolute Gasteiger partial charge is 0.288 e. The van der Waals surface area contributed by atoms with Gasteiger partial charge in [-0.3, -0.25) is 14.9 Å². The fourth-order valence-electron chi connectivity index (χ4n) is 2.24. The number of likely N-dealkylation sites (tertiary alicyclic amines) is 1. The Labute approximate surface area is 124 Å². The zero-order valence-corrected chi connectivity index (χ0v) is 12.0. The molecule has 0 atom stereocenters. The van der Waals surface area contributed by atoms with E-state index in [9.17, 15) is 23.7 Å². The Morgan fingerprint density at radius 3 is 2.48 bits per heavy atom. The molecular weight excluding hydrogens is 306 g/mol. The summed E-state index contributed by atoms with van der Waals surface area (Å²) in [7, 11) is 0. The first kappa shape index (κ1) is 15.6. The normalized spacial score (nSPS) is 17.6. The average Bonchev–Trinajstić information content (AvgIpc) is 2.37. The maximum atomic E-state index is 13.1. The van der Waals surface area contributed by atoms with E-state index in [1.54, 1.807) is 6.92 Å². The number of nitro benzene ring substituents is 1. The van der Waals surface area contributed by atoms with Crippen molar-refractivity contribution in [1.82, 2.24) is 4.90 Å². The van der Waals surface area contributed by atoms with E-state index in [0.717, 1.165) is 6.07 Å². The van der Waals surface area contributed by atoms with E-state index in [1.165, 1.54) is 11.0 Å². The van der Waals surface area contributed by atoms with Gasteiger partial charge in [0.1, 0.15) is 5.02 Å². The summed E-state index contributed by atoms with van der Waals surface area (Å²) in [5.74, 6) is -3.24. The number of hydrogen-bond donors (Lipinski definition) is 0. The molecule has 1 aromatic carbocycles. The Morgan fingerprint density at radius 1 is 1.38 bits per heavy atom. The minimum absolute atomic E-state index is 0.0563. The lowest BCUT2D eigenvalue weighted by Gasteiger charge is -2.32. The SMILES string of the molecule is Cc1cc(Cl)c([N+](=O)[O-])cc1C(=O)N1CCC(F)(F)CC1. The number of amides is 1. The van der Waals surface area contributed by atoms with Crippen LogP contribution in [-0.2, 0) is 0 Å². The van der Waals surface area contributed by atoms with Crippen molar-refractivity contribution in [1.29, 1.82) is 0 Å². The van der Waals surface area contributed by atoms with Gasteiger partial charge >= 0.3 is 0 Å². The fraction of sp³-hybridized carbons (Fsp3) is 0.462. The van der Waals surface area contributed by atoms with E-state index >= 15 is 0 Å². The van der Waals surface area contributed by atoms with Crippen molar-refractivity contribution in [2.24, 2.45) is 0 Å². The van der Waals surface area contributed by atoms with Gasteiger partial charge in [0, 0.05) is 37.6 Å². The first-order valence-electron chi connectivity index (χ1n) is 6.33. The quantitative estimate of drug-likeness (QED) is 0.620. The van der Waals surface area contributed by atoms with E-state index in [1.807, 2.05) is 0 Å². The van der Waals surface area contributed by atoms with Crippen LogP contribution in [0.1, 0.15) is 28.8 Å². The standard InChI is InChI=1S/C13H13ClF2N2O3/c1-8-6-10(14)11(18(20)21)7-9(8)12(19)17-4-2-13(15,16)3-5-17/h6-7H,2-5H2,1H3. The van der Waals surface area contributed by atoms with Crippen molar-refractivity contribution in [2.45, 2.75) is 25.7 Å². The van der Waals surface area contributed by atoms with Gasteiger partial charge in [-0.25, -0.2) is 8.78 Å². The molecule has 0 bridgehead atoms. The summed E-state index contributed by atoms with van der Waals surface area (Å²) in [6, 6.07) is 2.44. The molecule has 1 fully saturated rings. The maximum Gasteiger partial charge on any atom is 0.288 e. The summed E-state index contributed by atoms with van der Waals surface area (Å²) in [5, 5.41) is 10.8. The second-order valence-corrected chi connectivity index (χ2v) is 5.43. The van der Waals surface area contributed by atoms with Crippen LogP contribution in [0.3, 0.4) is 0 Å². The molecule has 114 valence electrons. The minimum Gasteiger partial charge on any atom is -0.338 e. The number of piperidine rings is 1. The van der Waals surface area contributed by atoms with Crippen LogP contribution in [0.4, 0.5) is 14.5 Å². The number of benzene rings is 1. The zero-order chi connectivity index (χ0) is 15.8. The highest BCUT2D eigenvalue weighted by molar-refractivity contribution is 6.32. The third-order valence-corrected chi connectivity index (χ3v) is 3.81. The first-order chi connectivity index (χ1) is 9.71. The fourth-order valence-corrected chi connectivity index (χ4v) is 2.53. The topological polar surface area (TPSA) is 63.5 Å². The van der Waals surface area contributed by atoms with E-state index in [0.29, 0.717) is 5.56 Å². The average molecular weight is 319 g/mol. The van der Waals surface area contributed by atoms with Gasteiger partial charge < -0.3 is 4.90 Å². The van der Waals surface area contributed by atoms with Gasteiger partial charge in [0.05, 0.1) is 4.92 Å². The molecule has 0 saturated carbocycles. The molecule has 1 aliphatic heterocycles. The Kier molecular flexibility index (Phi) is 4.13. The number of nitro groups is 1. The van der Waals surface area contributed by atoms with Gasteiger partial charge in [-0.15, -0.1) is 0 Å². The van der Waals surface area contributed by atoms with Crippen molar-refractivity contribution in [3.05, 3.63) is 38.4 Å². The molecule has 0 aliphatic carbocycles. The molecule has 2 rings (SSSR count). The van der Waals surface area contributed by atoms with Gasteiger partial charge in [0.2, 0.25) is 0 Å². The van der Waals surface area contributed by atoms with Crippen LogP contribution in [-0.4, -0.2) is 34.7 Å². The molecule has 5 nitrogen and oxygen atoms in total. The molecule has 0 N–H and O–H groups in total. The number of aryl methyl sites for hydroxylation is 1. The van der Waals surface area contributed by atoms with Crippen LogP contribution >= 0.6 is 11.6 Å². The summed E-state index contributed by atoms with van der Waals surface area (Å²) in [6.45, 7) is 1.46. The number of alkyl halides is 2. The molecule has 1 saturated heterocycles. The van der Waals surface area contributed by atoms with Gasteiger partial charge in [-0.2, -0.15) is 0 Å². The van der Waals surface area contributed by atoms with Crippen molar-refractivity contribution in [2.75, 3.05) is 13.1 Å². The van der Waals surface area contributed by atoms with Crippen LogP contribution in [0, 0.1) is 17.0 Å². The second kappa shape index (κ2) is 5.55. The Balaban J connectivity index is 2.27. The van der Waals surface area contributed by atoms with E-state index in [4.69, 9.17) is 11.6 Å². The third-order valence-electron chi connectivity index (χ3n) is 3.50. The second-order valence-electron chi connectivity index (χ2n) is 5.02. The van der Waals surface area contributed by atoms with Gasteiger partial charge in [0.25, 0.3) is 17.5 Å². The summed E-state index contributed by atoms with van der Waals surface area (Å²) in [5.41, 5.74) is 0.234. The largest absolute Gasteiger partial charge is 0.338 e. The molecule has 1 aromatic rings. The number of carbonyl (C=O) groups is 1. The maximum absolute atomic E-state index is 13.1. The van der Waals surface area contributed by atoms with E-state index < -0.39 is 29.6 Å². The summed E-state index contributed by atoms with van der Waals surface area (Å²) in [6.07, 6.45) is -0.791. The third kappa shape index (κ3) is 3.29. The van der Waals surface area contributed by atoms with Crippen LogP contribution in [0.25, 0.3) is 0 Å². The number of rotatable bonds is 2. The Bertz CT molecular complexity index is 597. The predicted molar refractivity (Wildman–Crippen MR) is 72.9 cm³/mol. The molecule has 1 heterocycles. The van der Waals surface area contributed by atoms with Crippen molar-refractivity contribution < 1.29 is 18.5 Å². The molecule has 21 heavy (non-hydrogen) atoms. The van der Waals surface area contributed by atoms with Gasteiger partial charge in [-0.1, -0.05) is 11.6 Å². The van der Waals surface area contributed by atoms with Crippen LogP contribution < -0.4 is 0 Å². The lowest BCUT2D eigenvalue weighted by Crippen LogP contribution is -2.42. The summed E-state index contributed by atoms with van der Waals surface area (Å²) >= 11 is 5.76. The van der Waals surface area contributed by atoms with Crippen LogP contribution in [0.15, 0.2) is 12.1 Å². The number of nitrogens with zero attached hydrogens (tertiary/aromatic N) is 2. The number of hydrogen-bond acceptors (Lipinski definition) is 3. The first-order valence-corrected chi connectivity index (χ1v) is 6.71. The highest BCUT2D eigenvalue weighted by Gasteiger charge is 2.36. The van der Waals surface area contributed by atoms with E-state index in [2.05, 4.69) is 0 Å². The van der Waals surface area contributed by atoms with E-state index in [-0.39, 0.29) is 29.4 Å². The number of carbonyl (C=O) groups excluding carboxylic acids is 1. The summed E-state index contributed by atoms with van der Waals surface area (Å²) in [4.78, 5) is 23.8.